The largest absolute Gasteiger partial charge is 0.481 e. The Morgan fingerprint density at radius 2 is 2.00 bits per heavy atom. The van der Waals surface area contributed by atoms with Gasteiger partial charge in [0.2, 0.25) is 5.91 Å². The smallest absolute Gasteiger partial charge is 0.311 e. The van der Waals surface area contributed by atoms with E-state index in [1.165, 1.54) is 6.92 Å². The van der Waals surface area contributed by atoms with Crippen LogP contribution in [0.15, 0.2) is 0 Å². The summed E-state index contributed by atoms with van der Waals surface area (Å²) in [5.41, 5.74) is 10.5. The van der Waals surface area contributed by atoms with E-state index in [4.69, 9.17) is 16.6 Å². The van der Waals surface area contributed by atoms with Crippen molar-refractivity contribution >= 4 is 11.9 Å². The molecule has 0 saturated heterocycles. The van der Waals surface area contributed by atoms with Crippen molar-refractivity contribution in [2.45, 2.75) is 38.4 Å². The topological polar surface area (TPSA) is 118 Å². The number of carbonyl (C=O) groups excluding carboxylic acids is 1. The Labute approximate surface area is 88.0 Å². The SMILES string of the molecule is CC(=O)N[C@@H]1[C@H](N)C[C@](C)(C(=O)O)[C@@H]1N. The first-order valence-corrected chi connectivity index (χ1v) is 4.80. The fourth-order valence-corrected chi connectivity index (χ4v) is 2.08. The highest BCUT2D eigenvalue weighted by Crippen LogP contribution is 2.36. The number of carboxylic acid groups (broad SMARTS) is 1. The minimum absolute atomic E-state index is 0.250. The molecule has 0 aromatic heterocycles. The minimum Gasteiger partial charge on any atom is -0.481 e. The Bertz CT molecular complexity index is 294. The first-order chi connectivity index (χ1) is 6.79. The lowest BCUT2D eigenvalue weighted by atomic mass is 9.84. The van der Waals surface area contributed by atoms with Crippen molar-refractivity contribution in [1.82, 2.24) is 5.32 Å². The number of rotatable bonds is 2. The molecule has 1 fully saturated rings. The van der Waals surface area contributed by atoms with Crippen molar-refractivity contribution in [3.8, 4) is 0 Å². The number of aliphatic carboxylic acids is 1. The van der Waals surface area contributed by atoms with Crippen LogP contribution < -0.4 is 16.8 Å². The molecule has 1 aliphatic rings. The highest BCUT2D eigenvalue weighted by molar-refractivity contribution is 5.77. The van der Waals surface area contributed by atoms with E-state index in [0.717, 1.165) is 0 Å². The Balaban J connectivity index is 2.87. The average molecular weight is 215 g/mol. The molecule has 86 valence electrons. The number of nitrogens with one attached hydrogen (secondary N) is 1. The van der Waals surface area contributed by atoms with Gasteiger partial charge >= 0.3 is 5.97 Å². The second-order valence-corrected chi connectivity index (χ2v) is 4.34. The lowest BCUT2D eigenvalue weighted by Gasteiger charge is -2.26. The van der Waals surface area contributed by atoms with Gasteiger partial charge in [-0.15, -0.1) is 0 Å². The average Bonchev–Trinajstić information content (AvgIpc) is 2.30. The van der Waals surface area contributed by atoms with Crippen LogP contribution in [0.5, 0.6) is 0 Å². The highest BCUT2D eigenvalue weighted by atomic mass is 16.4. The number of hydrogen-bond acceptors (Lipinski definition) is 4. The molecule has 6 N–H and O–H groups in total. The minimum atomic E-state index is -1.06. The molecule has 0 bridgehead atoms. The molecule has 0 aromatic carbocycles. The fraction of sp³-hybridized carbons (Fsp3) is 0.778. The van der Waals surface area contributed by atoms with Crippen LogP contribution in [-0.2, 0) is 9.59 Å². The number of carboxylic acids is 1. The van der Waals surface area contributed by atoms with Gasteiger partial charge in [-0.05, 0) is 13.3 Å². The second kappa shape index (κ2) is 3.79. The maximum absolute atomic E-state index is 11.1. The summed E-state index contributed by atoms with van der Waals surface area (Å²) in [5.74, 6) is -1.22. The third kappa shape index (κ3) is 1.95. The normalized spacial score (nSPS) is 40.1. The molecule has 0 radical (unpaired) electrons. The highest BCUT2D eigenvalue weighted by Gasteiger charge is 2.52. The van der Waals surface area contributed by atoms with Gasteiger partial charge in [-0.2, -0.15) is 0 Å². The molecule has 6 heteroatoms. The summed E-state index contributed by atoms with van der Waals surface area (Å²) in [6.07, 6.45) is 0.272. The molecule has 0 unspecified atom stereocenters. The van der Waals surface area contributed by atoms with Gasteiger partial charge in [0.05, 0.1) is 11.5 Å². The third-order valence-corrected chi connectivity index (χ3v) is 3.10. The molecule has 0 heterocycles. The zero-order valence-electron chi connectivity index (χ0n) is 8.86. The maximum atomic E-state index is 11.1. The van der Waals surface area contributed by atoms with Crippen molar-refractivity contribution in [2.24, 2.45) is 16.9 Å². The number of nitrogens with two attached hydrogens (primary N) is 2. The number of hydrogen-bond donors (Lipinski definition) is 4. The molecule has 0 aliphatic heterocycles. The maximum Gasteiger partial charge on any atom is 0.311 e. The van der Waals surface area contributed by atoms with E-state index < -0.39 is 29.5 Å². The van der Waals surface area contributed by atoms with Gasteiger partial charge in [0.15, 0.2) is 0 Å². The van der Waals surface area contributed by atoms with E-state index in [2.05, 4.69) is 5.32 Å². The Hall–Kier alpha value is -1.14. The fourth-order valence-electron chi connectivity index (χ4n) is 2.08. The molecule has 1 amide bonds. The van der Waals surface area contributed by atoms with Crippen molar-refractivity contribution in [1.29, 1.82) is 0 Å². The third-order valence-electron chi connectivity index (χ3n) is 3.10. The van der Waals surface area contributed by atoms with Crippen LogP contribution in [-0.4, -0.2) is 35.1 Å². The van der Waals surface area contributed by atoms with Gasteiger partial charge in [0, 0.05) is 19.0 Å². The molecule has 15 heavy (non-hydrogen) atoms. The Morgan fingerprint density at radius 3 is 2.33 bits per heavy atom. The quantitative estimate of drug-likeness (QED) is 0.453. The molecular formula is C9H17N3O3. The van der Waals surface area contributed by atoms with Crippen LogP contribution >= 0.6 is 0 Å². The summed E-state index contributed by atoms with van der Waals surface area (Å²) in [7, 11) is 0. The zero-order chi connectivity index (χ0) is 11.8. The lowest BCUT2D eigenvalue weighted by Crippen LogP contribution is -2.55. The van der Waals surface area contributed by atoms with Gasteiger partial charge in [0.25, 0.3) is 0 Å². The summed E-state index contributed by atoms with van der Waals surface area (Å²) in [6, 6.07) is -1.54. The van der Waals surface area contributed by atoms with Crippen molar-refractivity contribution in [2.75, 3.05) is 0 Å². The molecule has 1 aliphatic carbocycles. The van der Waals surface area contributed by atoms with E-state index in [9.17, 15) is 9.59 Å². The summed E-state index contributed by atoms with van der Waals surface area (Å²) >= 11 is 0. The van der Waals surface area contributed by atoms with Gasteiger partial charge in [-0.1, -0.05) is 0 Å². The Morgan fingerprint density at radius 1 is 1.47 bits per heavy atom. The van der Waals surface area contributed by atoms with E-state index in [1.54, 1.807) is 6.92 Å². The van der Waals surface area contributed by atoms with Gasteiger partial charge < -0.3 is 21.9 Å². The van der Waals surface area contributed by atoms with Crippen LogP contribution in [0.3, 0.4) is 0 Å². The van der Waals surface area contributed by atoms with E-state index in [-0.39, 0.29) is 12.3 Å². The molecular weight excluding hydrogens is 198 g/mol. The van der Waals surface area contributed by atoms with E-state index >= 15 is 0 Å². The monoisotopic (exact) mass is 215 g/mol. The molecule has 4 atom stereocenters. The van der Waals surface area contributed by atoms with Gasteiger partial charge in [-0.3, -0.25) is 9.59 Å². The van der Waals surface area contributed by atoms with Crippen molar-refractivity contribution < 1.29 is 14.7 Å². The standard InChI is InChI=1S/C9H17N3O3/c1-4(13)12-6-5(10)3-9(2,7(6)11)8(14)15/h5-7H,3,10-11H2,1-2H3,(H,12,13)(H,14,15)/t5-,6-,7-,9+/m1/s1. The van der Waals surface area contributed by atoms with Gasteiger partial charge in [-0.25, -0.2) is 0 Å². The predicted molar refractivity (Wildman–Crippen MR) is 53.9 cm³/mol. The Kier molecular flexibility index (Phi) is 3.01. The molecule has 0 spiro atoms. The summed E-state index contributed by atoms with van der Waals surface area (Å²) in [5, 5.41) is 11.7. The van der Waals surface area contributed by atoms with E-state index in [1.807, 2.05) is 0 Å². The number of amides is 1. The predicted octanol–water partition coefficient (Wildman–Crippen LogP) is -1.36. The van der Waals surface area contributed by atoms with Gasteiger partial charge in [0.1, 0.15) is 0 Å². The first kappa shape index (κ1) is 11.9. The van der Waals surface area contributed by atoms with Crippen LogP contribution in [0.2, 0.25) is 0 Å². The lowest BCUT2D eigenvalue weighted by molar-refractivity contribution is -0.148. The van der Waals surface area contributed by atoms with Crippen LogP contribution in [0.25, 0.3) is 0 Å². The summed E-state index contributed by atoms with van der Waals surface area (Å²) in [6.45, 7) is 2.91. The van der Waals surface area contributed by atoms with E-state index in [0.29, 0.717) is 0 Å². The number of carbonyl (C=O) groups is 2. The molecule has 6 nitrogen and oxygen atoms in total. The van der Waals surface area contributed by atoms with Crippen LogP contribution in [0.1, 0.15) is 20.3 Å². The molecule has 0 aromatic rings. The van der Waals surface area contributed by atoms with Crippen LogP contribution in [0, 0.1) is 5.41 Å². The summed E-state index contributed by atoms with van der Waals surface area (Å²) in [4.78, 5) is 22.0. The van der Waals surface area contributed by atoms with Crippen molar-refractivity contribution in [3.63, 3.8) is 0 Å². The zero-order valence-corrected chi connectivity index (χ0v) is 8.86. The second-order valence-electron chi connectivity index (χ2n) is 4.34. The van der Waals surface area contributed by atoms with Crippen molar-refractivity contribution in [3.05, 3.63) is 0 Å². The molecule has 1 saturated carbocycles. The van der Waals surface area contributed by atoms with Crippen LogP contribution in [0.4, 0.5) is 0 Å². The summed E-state index contributed by atoms with van der Waals surface area (Å²) < 4.78 is 0. The molecule has 1 rings (SSSR count). The first-order valence-electron chi connectivity index (χ1n) is 4.80.